The number of aliphatic carboxylic acids is 1. The van der Waals surface area contributed by atoms with E-state index in [0.29, 0.717) is 0 Å². The number of ether oxygens (including phenoxy) is 2. The largest absolute Gasteiger partial charge is 0.493 e. The Morgan fingerprint density at radius 3 is 2.47 bits per heavy atom. The molecule has 6 nitrogen and oxygen atoms in total. The van der Waals surface area contributed by atoms with Crippen molar-refractivity contribution in [3.8, 4) is 11.5 Å². The summed E-state index contributed by atoms with van der Waals surface area (Å²) in [6, 6.07) is 2.06. The van der Waals surface area contributed by atoms with Crippen LogP contribution in [0.3, 0.4) is 0 Å². The molecule has 0 radical (unpaired) electrons. The molecule has 19 heavy (non-hydrogen) atoms. The molecule has 1 aromatic carbocycles. The number of nitrogens with two attached hydrogens (primary N) is 1. The van der Waals surface area contributed by atoms with Crippen molar-refractivity contribution >= 4 is 5.97 Å². The maximum atomic E-state index is 12.2. The summed E-state index contributed by atoms with van der Waals surface area (Å²) in [6.45, 7) is -3.07. The van der Waals surface area contributed by atoms with Crippen LogP contribution in [0.2, 0.25) is 0 Å². The van der Waals surface area contributed by atoms with Crippen molar-refractivity contribution in [1.29, 1.82) is 0 Å². The number of alkyl halides is 2. The van der Waals surface area contributed by atoms with E-state index in [1.165, 1.54) is 19.2 Å². The van der Waals surface area contributed by atoms with E-state index in [4.69, 9.17) is 15.6 Å². The van der Waals surface area contributed by atoms with Gasteiger partial charge in [0, 0.05) is 0 Å². The quantitative estimate of drug-likeness (QED) is 0.709. The fourth-order valence-electron chi connectivity index (χ4n) is 1.41. The van der Waals surface area contributed by atoms with Gasteiger partial charge in [-0.15, -0.1) is 0 Å². The van der Waals surface area contributed by atoms with E-state index in [2.05, 4.69) is 4.74 Å². The van der Waals surface area contributed by atoms with E-state index in [9.17, 15) is 18.7 Å². The standard InChI is InChI=1S/C11H13F2NO5/c1-18-6-3-2-5(4-7(6)19-11(12)13)9(15)8(14)10(16)17/h2-4,8-9,11,15H,14H2,1H3,(H,16,17). The van der Waals surface area contributed by atoms with Crippen LogP contribution >= 0.6 is 0 Å². The highest BCUT2D eigenvalue weighted by Crippen LogP contribution is 2.32. The van der Waals surface area contributed by atoms with Gasteiger partial charge in [0.15, 0.2) is 11.5 Å². The number of halogens is 2. The summed E-state index contributed by atoms with van der Waals surface area (Å²) in [7, 11) is 1.26. The van der Waals surface area contributed by atoms with Crippen molar-refractivity contribution in [2.45, 2.75) is 18.8 Å². The third-order valence-electron chi connectivity index (χ3n) is 2.37. The second-order valence-electron chi connectivity index (χ2n) is 3.60. The van der Waals surface area contributed by atoms with Crippen molar-refractivity contribution in [2.75, 3.05) is 7.11 Å². The van der Waals surface area contributed by atoms with Gasteiger partial charge in [0.2, 0.25) is 0 Å². The number of carboxylic acids is 1. The average molecular weight is 277 g/mol. The van der Waals surface area contributed by atoms with Gasteiger partial charge in [-0.25, -0.2) is 0 Å². The number of benzene rings is 1. The number of carboxylic acid groups (broad SMARTS) is 1. The van der Waals surface area contributed by atoms with E-state index in [1.807, 2.05) is 0 Å². The van der Waals surface area contributed by atoms with Gasteiger partial charge in [-0.05, 0) is 17.7 Å². The lowest BCUT2D eigenvalue weighted by Gasteiger charge is -2.17. The number of methoxy groups -OCH3 is 1. The second kappa shape index (κ2) is 6.30. The second-order valence-corrected chi connectivity index (χ2v) is 3.60. The highest BCUT2D eigenvalue weighted by molar-refractivity contribution is 5.74. The molecule has 0 amide bonds. The predicted molar refractivity (Wildman–Crippen MR) is 60.2 cm³/mol. The molecule has 0 aliphatic carbocycles. The van der Waals surface area contributed by atoms with Crippen LogP contribution in [0.25, 0.3) is 0 Å². The monoisotopic (exact) mass is 277 g/mol. The first-order valence-corrected chi connectivity index (χ1v) is 5.16. The fourth-order valence-corrected chi connectivity index (χ4v) is 1.41. The van der Waals surface area contributed by atoms with Crippen molar-refractivity contribution < 1.29 is 33.3 Å². The van der Waals surface area contributed by atoms with Gasteiger partial charge in [0.1, 0.15) is 12.1 Å². The van der Waals surface area contributed by atoms with Crippen LogP contribution in [0.15, 0.2) is 18.2 Å². The Hall–Kier alpha value is -1.93. The smallest absolute Gasteiger partial charge is 0.387 e. The molecule has 0 aliphatic heterocycles. The molecule has 0 saturated heterocycles. The molecule has 8 heteroatoms. The van der Waals surface area contributed by atoms with E-state index in [-0.39, 0.29) is 17.1 Å². The molecule has 2 atom stereocenters. The molecule has 1 rings (SSSR count). The first-order chi connectivity index (χ1) is 8.86. The lowest BCUT2D eigenvalue weighted by molar-refractivity contribution is -0.141. The molecular weight excluding hydrogens is 264 g/mol. The molecule has 0 aromatic heterocycles. The Bertz CT molecular complexity index is 455. The molecule has 0 spiro atoms. The van der Waals surface area contributed by atoms with Gasteiger partial charge in [0.05, 0.1) is 7.11 Å². The minimum Gasteiger partial charge on any atom is -0.493 e. The Labute approximate surface area is 107 Å². The van der Waals surface area contributed by atoms with E-state index in [0.717, 1.165) is 6.07 Å². The molecule has 0 fully saturated rings. The summed E-state index contributed by atoms with van der Waals surface area (Å²) in [4.78, 5) is 10.6. The Morgan fingerprint density at radius 1 is 1.37 bits per heavy atom. The predicted octanol–water partition coefficient (Wildman–Crippen LogP) is 0.742. The number of carbonyl (C=O) groups is 1. The molecule has 4 N–H and O–H groups in total. The highest BCUT2D eigenvalue weighted by atomic mass is 19.3. The molecular formula is C11H13F2NO5. The van der Waals surface area contributed by atoms with E-state index < -0.39 is 24.7 Å². The van der Waals surface area contributed by atoms with E-state index >= 15 is 0 Å². The molecule has 0 aliphatic rings. The molecule has 1 aromatic rings. The number of hydrogen-bond donors (Lipinski definition) is 3. The number of hydrogen-bond acceptors (Lipinski definition) is 5. The minimum absolute atomic E-state index is 0.0279. The zero-order valence-corrected chi connectivity index (χ0v) is 9.92. The zero-order valence-electron chi connectivity index (χ0n) is 9.92. The van der Waals surface area contributed by atoms with E-state index in [1.54, 1.807) is 0 Å². The number of aliphatic hydroxyl groups excluding tert-OH is 1. The Balaban J connectivity index is 3.06. The van der Waals surface area contributed by atoms with Gasteiger partial charge in [-0.2, -0.15) is 8.78 Å². The van der Waals surface area contributed by atoms with Crippen molar-refractivity contribution in [3.63, 3.8) is 0 Å². The first kappa shape index (κ1) is 15.1. The van der Waals surface area contributed by atoms with Gasteiger partial charge in [-0.1, -0.05) is 6.07 Å². The van der Waals surface area contributed by atoms with Crippen LogP contribution in [0.1, 0.15) is 11.7 Å². The molecule has 0 bridgehead atoms. The third-order valence-corrected chi connectivity index (χ3v) is 2.37. The molecule has 2 unspecified atom stereocenters. The van der Waals surface area contributed by atoms with Gasteiger partial charge in [0.25, 0.3) is 0 Å². The SMILES string of the molecule is COc1ccc(C(O)C(N)C(=O)O)cc1OC(F)F. The summed E-state index contributed by atoms with van der Waals surface area (Å²) in [6.07, 6.45) is -1.55. The van der Waals surface area contributed by atoms with Crippen LogP contribution in [0, 0.1) is 0 Å². The Kier molecular flexibility index (Phi) is 5.02. The highest BCUT2D eigenvalue weighted by Gasteiger charge is 2.25. The topological polar surface area (TPSA) is 102 Å². The van der Waals surface area contributed by atoms with Crippen molar-refractivity contribution in [2.24, 2.45) is 5.73 Å². The lowest BCUT2D eigenvalue weighted by Crippen LogP contribution is -2.36. The van der Waals surface area contributed by atoms with Crippen LogP contribution < -0.4 is 15.2 Å². The van der Waals surface area contributed by atoms with Crippen LogP contribution in [0.4, 0.5) is 8.78 Å². The van der Waals surface area contributed by atoms with Crippen LogP contribution in [0.5, 0.6) is 11.5 Å². The van der Waals surface area contributed by atoms with Crippen molar-refractivity contribution in [1.82, 2.24) is 0 Å². The maximum absolute atomic E-state index is 12.2. The van der Waals surface area contributed by atoms with Gasteiger partial charge >= 0.3 is 12.6 Å². The number of rotatable bonds is 6. The van der Waals surface area contributed by atoms with Crippen LogP contribution in [-0.4, -0.2) is 35.9 Å². The normalized spacial score (nSPS) is 14.0. The molecule has 0 heterocycles. The fraction of sp³-hybridized carbons (Fsp3) is 0.364. The van der Waals surface area contributed by atoms with Crippen molar-refractivity contribution in [3.05, 3.63) is 23.8 Å². The summed E-state index contributed by atoms with van der Waals surface area (Å²) < 4.78 is 33.4. The molecule has 0 saturated carbocycles. The third kappa shape index (κ3) is 3.76. The minimum atomic E-state index is -3.07. The summed E-state index contributed by atoms with van der Waals surface area (Å²) in [5.74, 6) is -1.70. The Morgan fingerprint density at radius 2 is 2.00 bits per heavy atom. The summed E-state index contributed by atoms with van der Waals surface area (Å²) in [5, 5.41) is 18.4. The average Bonchev–Trinajstić information content (AvgIpc) is 2.36. The van der Waals surface area contributed by atoms with Gasteiger partial charge in [-0.3, -0.25) is 4.79 Å². The molecule has 106 valence electrons. The summed E-state index contributed by atoms with van der Waals surface area (Å²) >= 11 is 0. The maximum Gasteiger partial charge on any atom is 0.387 e. The zero-order chi connectivity index (χ0) is 14.6. The number of aliphatic hydroxyl groups is 1. The summed E-state index contributed by atoms with van der Waals surface area (Å²) in [5.41, 5.74) is 5.28. The lowest BCUT2D eigenvalue weighted by atomic mass is 10.0. The van der Waals surface area contributed by atoms with Crippen LogP contribution in [-0.2, 0) is 4.79 Å². The first-order valence-electron chi connectivity index (χ1n) is 5.16. The van der Waals surface area contributed by atoms with Gasteiger partial charge < -0.3 is 25.4 Å².